The number of carbonyl (C=O) groups excluding carboxylic acids is 4. The number of hydrogen-bond acceptors (Lipinski definition) is 6. The van der Waals surface area contributed by atoms with E-state index in [2.05, 4.69) is 5.32 Å². The Morgan fingerprint density at radius 2 is 1.50 bits per heavy atom. The molecule has 172 valence electrons. The Kier molecular flexibility index (Phi) is 6.54. The highest BCUT2D eigenvalue weighted by Crippen LogP contribution is 2.29. The van der Waals surface area contributed by atoms with Crippen LogP contribution in [0, 0.1) is 13.8 Å². The summed E-state index contributed by atoms with van der Waals surface area (Å²) in [7, 11) is 0. The zero-order valence-corrected chi connectivity index (χ0v) is 18.8. The van der Waals surface area contributed by atoms with Gasteiger partial charge in [-0.1, -0.05) is 36.4 Å². The molecule has 1 amide bonds. The first kappa shape index (κ1) is 22.9. The van der Waals surface area contributed by atoms with Gasteiger partial charge in [-0.3, -0.25) is 19.2 Å². The standard InChI is InChI=1S/C27H23NO6/c1-16-7-8-17(2)23(13-16)33-12-11-25(30)34-15-24(29)28-18-9-10-21-22(14-18)27(32)20-6-4-3-5-19(20)26(21)31/h3-10,13-14H,11-12,15H2,1-2H3,(H,28,29). The van der Waals surface area contributed by atoms with Crippen LogP contribution in [0.25, 0.3) is 0 Å². The molecule has 0 aromatic heterocycles. The van der Waals surface area contributed by atoms with E-state index in [-0.39, 0.29) is 35.7 Å². The highest BCUT2D eigenvalue weighted by molar-refractivity contribution is 6.28. The van der Waals surface area contributed by atoms with Crippen LogP contribution in [-0.4, -0.2) is 36.7 Å². The number of aryl methyl sites for hydroxylation is 2. The normalized spacial score (nSPS) is 11.9. The number of fused-ring (bicyclic) bond motifs is 2. The second kappa shape index (κ2) is 9.70. The Bertz CT molecular complexity index is 1310. The van der Waals surface area contributed by atoms with E-state index in [1.54, 1.807) is 24.3 Å². The molecule has 0 heterocycles. The third-order valence-corrected chi connectivity index (χ3v) is 5.48. The van der Waals surface area contributed by atoms with Crippen LogP contribution in [0.2, 0.25) is 0 Å². The van der Waals surface area contributed by atoms with E-state index >= 15 is 0 Å². The van der Waals surface area contributed by atoms with Gasteiger partial charge in [0.1, 0.15) is 5.75 Å². The van der Waals surface area contributed by atoms with E-state index in [1.165, 1.54) is 18.2 Å². The number of ketones is 2. The number of ether oxygens (including phenoxy) is 2. The van der Waals surface area contributed by atoms with Crippen molar-refractivity contribution in [3.63, 3.8) is 0 Å². The summed E-state index contributed by atoms with van der Waals surface area (Å²) in [4.78, 5) is 49.7. The minimum absolute atomic E-state index is 0.00444. The Morgan fingerprint density at radius 3 is 2.24 bits per heavy atom. The van der Waals surface area contributed by atoms with E-state index in [4.69, 9.17) is 9.47 Å². The Hall–Kier alpha value is -4.26. The molecular weight excluding hydrogens is 434 g/mol. The molecule has 4 rings (SSSR count). The van der Waals surface area contributed by atoms with Gasteiger partial charge < -0.3 is 14.8 Å². The summed E-state index contributed by atoms with van der Waals surface area (Å²) >= 11 is 0. The monoisotopic (exact) mass is 457 g/mol. The maximum atomic E-state index is 12.8. The molecule has 0 radical (unpaired) electrons. The molecule has 0 bridgehead atoms. The van der Waals surface area contributed by atoms with Crippen molar-refractivity contribution in [2.75, 3.05) is 18.5 Å². The van der Waals surface area contributed by atoms with Crippen LogP contribution in [-0.2, 0) is 14.3 Å². The molecule has 1 N–H and O–H groups in total. The van der Waals surface area contributed by atoms with Crippen molar-refractivity contribution >= 4 is 29.1 Å². The number of amides is 1. The lowest BCUT2D eigenvalue weighted by Gasteiger charge is -2.18. The molecular formula is C27H23NO6. The van der Waals surface area contributed by atoms with Crippen molar-refractivity contribution in [1.82, 2.24) is 0 Å². The summed E-state index contributed by atoms with van der Waals surface area (Å²) in [6.07, 6.45) is -0.00444. The van der Waals surface area contributed by atoms with Crippen LogP contribution in [0.1, 0.15) is 49.4 Å². The number of esters is 1. The molecule has 3 aromatic rings. The highest BCUT2D eigenvalue weighted by Gasteiger charge is 2.29. The fourth-order valence-corrected chi connectivity index (χ4v) is 3.70. The average Bonchev–Trinajstić information content (AvgIpc) is 2.83. The average molecular weight is 457 g/mol. The zero-order valence-electron chi connectivity index (χ0n) is 18.8. The first-order valence-electron chi connectivity index (χ1n) is 10.8. The van der Waals surface area contributed by atoms with E-state index in [9.17, 15) is 19.2 Å². The molecule has 3 aromatic carbocycles. The van der Waals surface area contributed by atoms with Crippen molar-refractivity contribution in [3.8, 4) is 5.75 Å². The molecule has 7 nitrogen and oxygen atoms in total. The molecule has 0 fully saturated rings. The van der Waals surface area contributed by atoms with Gasteiger partial charge in [-0.15, -0.1) is 0 Å². The van der Waals surface area contributed by atoms with Gasteiger partial charge in [0, 0.05) is 27.9 Å². The van der Waals surface area contributed by atoms with Crippen molar-refractivity contribution in [2.45, 2.75) is 20.3 Å². The highest BCUT2D eigenvalue weighted by atomic mass is 16.5. The van der Waals surface area contributed by atoms with Gasteiger partial charge in [-0.25, -0.2) is 0 Å². The number of rotatable bonds is 7. The lowest BCUT2D eigenvalue weighted by atomic mass is 9.84. The van der Waals surface area contributed by atoms with E-state index in [0.29, 0.717) is 22.6 Å². The summed E-state index contributed by atoms with van der Waals surface area (Å²) in [5.41, 5.74) is 3.56. The summed E-state index contributed by atoms with van der Waals surface area (Å²) < 4.78 is 10.6. The fraction of sp³-hybridized carbons (Fsp3) is 0.185. The van der Waals surface area contributed by atoms with Gasteiger partial charge in [0.15, 0.2) is 18.2 Å². The van der Waals surface area contributed by atoms with Crippen LogP contribution in [0.5, 0.6) is 5.75 Å². The van der Waals surface area contributed by atoms with Crippen molar-refractivity contribution in [2.24, 2.45) is 0 Å². The first-order chi connectivity index (χ1) is 16.3. The molecule has 0 atom stereocenters. The minimum atomic E-state index is -0.566. The maximum Gasteiger partial charge on any atom is 0.309 e. The Balaban J connectivity index is 1.30. The van der Waals surface area contributed by atoms with E-state index < -0.39 is 18.5 Å². The SMILES string of the molecule is Cc1ccc(C)c(OCCC(=O)OCC(=O)Nc2ccc3c(c2)C(=O)c2ccccc2C3=O)c1. The number of hydrogen-bond donors (Lipinski definition) is 1. The summed E-state index contributed by atoms with van der Waals surface area (Å²) in [5.74, 6) is -0.938. The topological polar surface area (TPSA) is 98.8 Å². The number of carbonyl (C=O) groups is 4. The fourth-order valence-electron chi connectivity index (χ4n) is 3.70. The van der Waals surface area contributed by atoms with Gasteiger partial charge in [-0.2, -0.15) is 0 Å². The minimum Gasteiger partial charge on any atom is -0.493 e. The predicted octanol–water partition coefficient (Wildman–Crippen LogP) is 4.03. The van der Waals surface area contributed by atoms with Crippen molar-refractivity contribution < 1.29 is 28.7 Å². The molecule has 0 unspecified atom stereocenters. The van der Waals surface area contributed by atoms with Gasteiger partial charge in [0.05, 0.1) is 13.0 Å². The molecule has 0 saturated heterocycles. The number of nitrogens with one attached hydrogen (secondary N) is 1. The third-order valence-electron chi connectivity index (χ3n) is 5.48. The lowest BCUT2D eigenvalue weighted by Crippen LogP contribution is -2.23. The zero-order chi connectivity index (χ0) is 24.2. The van der Waals surface area contributed by atoms with Crippen molar-refractivity contribution in [1.29, 1.82) is 0 Å². The molecule has 0 aliphatic heterocycles. The smallest absolute Gasteiger partial charge is 0.309 e. The van der Waals surface area contributed by atoms with Crippen molar-refractivity contribution in [3.05, 3.63) is 94.0 Å². The lowest BCUT2D eigenvalue weighted by molar-refractivity contribution is -0.147. The van der Waals surface area contributed by atoms with Gasteiger partial charge in [-0.05, 0) is 49.2 Å². The summed E-state index contributed by atoms with van der Waals surface area (Å²) in [6, 6.07) is 17.0. The molecule has 7 heteroatoms. The first-order valence-corrected chi connectivity index (χ1v) is 10.8. The Morgan fingerprint density at radius 1 is 0.824 bits per heavy atom. The molecule has 1 aliphatic rings. The summed E-state index contributed by atoms with van der Waals surface area (Å²) in [6.45, 7) is 3.52. The van der Waals surface area contributed by atoms with Crippen LogP contribution in [0.3, 0.4) is 0 Å². The van der Waals surface area contributed by atoms with Crippen LogP contribution in [0.15, 0.2) is 60.7 Å². The predicted molar refractivity (Wildman–Crippen MR) is 125 cm³/mol. The van der Waals surface area contributed by atoms with E-state index in [1.807, 2.05) is 32.0 Å². The second-order valence-electron chi connectivity index (χ2n) is 8.04. The largest absolute Gasteiger partial charge is 0.493 e. The van der Waals surface area contributed by atoms with Gasteiger partial charge in [0.25, 0.3) is 5.91 Å². The molecule has 34 heavy (non-hydrogen) atoms. The van der Waals surface area contributed by atoms with Crippen LogP contribution >= 0.6 is 0 Å². The number of benzene rings is 3. The number of anilines is 1. The quantitative estimate of drug-likeness (QED) is 0.421. The summed E-state index contributed by atoms with van der Waals surface area (Å²) in [5, 5.41) is 2.59. The molecule has 0 spiro atoms. The van der Waals surface area contributed by atoms with Gasteiger partial charge >= 0.3 is 5.97 Å². The van der Waals surface area contributed by atoms with Crippen LogP contribution < -0.4 is 10.1 Å². The Labute approximate surface area is 196 Å². The maximum absolute atomic E-state index is 12.8. The van der Waals surface area contributed by atoms with Gasteiger partial charge in [0.2, 0.25) is 0 Å². The molecule has 0 saturated carbocycles. The second-order valence-corrected chi connectivity index (χ2v) is 8.04. The van der Waals surface area contributed by atoms with E-state index in [0.717, 1.165) is 11.1 Å². The third kappa shape index (κ3) is 4.88. The molecule has 1 aliphatic carbocycles. The van der Waals surface area contributed by atoms with Crippen LogP contribution in [0.4, 0.5) is 5.69 Å².